The number of nitrogens with two attached hydrogens (primary N) is 1. The zero-order chi connectivity index (χ0) is 13.1. The first-order valence-electron chi connectivity index (χ1n) is 7.00. The zero-order valence-corrected chi connectivity index (χ0v) is 11.0. The number of hydrogen-bond donors (Lipinski definition) is 1. The van der Waals surface area contributed by atoms with Crippen LogP contribution in [-0.2, 0) is 6.42 Å². The summed E-state index contributed by atoms with van der Waals surface area (Å²) in [6.45, 7) is 0. The first-order valence-corrected chi connectivity index (χ1v) is 7.00. The number of nitrogens with zero attached hydrogens (tertiary/aromatic N) is 2. The molecule has 0 radical (unpaired) electrons. The molecule has 100 valence electrons. The van der Waals surface area contributed by atoms with Gasteiger partial charge in [-0.15, -0.1) is 0 Å². The summed E-state index contributed by atoms with van der Waals surface area (Å²) in [6, 6.07) is 7.57. The Bertz CT molecular complexity index is 544. The molecule has 1 heterocycles. The monoisotopic (exact) mass is 257 g/mol. The summed E-state index contributed by atoms with van der Waals surface area (Å²) in [5.74, 6) is 2.22. The quantitative estimate of drug-likeness (QED) is 0.852. The second-order valence-electron chi connectivity index (χ2n) is 5.33. The third-order valence-corrected chi connectivity index (χ3v) is 3.85. The van der Waals surface area contributed by atoms with Gasteiger partial charge in [-0.1, -0.05) is 43.0 Å². The summed E-state index contributed by atoms with van der Waals surface area (Å²) in [6.07, 6.45) is 7.52. The predicted octanol–water partition coefficient (Wildman–Crippen LogP) is 3.44. The first kappa shape index (κ1) is 12.2. The normalized spacial score (nSPS) is 16.0. The average Bonchev–Trinajstić information content (AvgIpc) is 3.08. The van der Waals surface area contributed by atoms with Gasteiger partial charge in [-0.25, -0.2) is 0 Å². The third-order valence-electron chi connectivity index (χ3n) is 3.85. The van der Waals surface area contributed by atoms with Crippen molar-refractivity contribution >= 4 is 5.69 Å². The van der Waals surface area contributed by atoms with Crippen LogP contribution in [0.2, 0.25) is 0 Å². The van der Waals surface area contributed by atoms with E-state index in [2.05, 4.69) is 10.1 Å². The molecule has 0 unspecified atom stereocenters. The number of aryl methyl sites for hydroxylation is 1. The number of aromatic nitrogens is 2. The van der Waals surface area contributed by atoms with Crippen molar-refractivity contribution in [1.29, 1.82) is 0 Å². The molecule has 19 heavy (non-hydrogen) atoms. The molecular weight excluding hydrogens is 238 g/mol. The molecule has 1 aliphatic rings. The second-order valence-corrected chi connectivity index (χ2v) is 5.33. The number of benzene rings is 1. The third kappa shape index (κ3) is 2.95. The zero-order valence-electron chi connectivity index (χ0n) is 11.0. The lowest BCUT2D eigenvalue weighted by molar-refractivity contribution is 0.362. The van der Waals surface area contributed by atoms with E-state index in [1.165, 1.54) is 32.1 Å². The van der Waals surface area contributed by atoms with Crippen molar-refractivity contribution in [2.45, 2.75) is 38.5 Å². The van der Waals surface area contributed by atoms with E-state index < -0.39 is 0 Å². The van der Waals surface area contributed by atoms with E-state index in [0.717, 1.165) is 29.5 Å². The van der Waals surface area contributed by atoms with E-state index in [1.54, 1.807) is 0 Å². The number of hydrogen-bond acceptors (Lipinski definition) is 4. The lowest BCUT2D eigenvalue weighted by Gasteiger charge is -2.04. The van der Waals surface area contributed by atoms with Gasteiger partial charge >= 0.3 is 0 Å². The topological polar surface area (TPSA) is 64.9 Å². The van der Waals surface area contributed by atoms with Gasteiger partial charge in [-0.3, -0.25) is 0 Å². The van der Waals surface area contributed by atoms with Gasteiger partial charge in [0.2, 0.25) is 11.7 Å². The Balaban J connectivity index is 1.65. The van der Waals surface area contributed by atoms with Crippen LogP contribution in [0.3, 0.4) is 0 Å². The maximum absolute atomic E-state index is 5.76. The average molecular weight is 257 g/mol. The van der Waals surface area contributed by atoms with Crippen molar-refractivity contribution in [3.63, 3.8) is 0 Å². The van der Waals surface area contributed by atoms with Gasteiger partial charge in [0.15, 0.2) is 0 Å². The fourth-order valence-corrected chi connectivity index (χ4v) is 2.78. The van der Waals surface area contributed by atoms with Crippen molar-refractivity contribution in [2.75, 3.05) is 5.73 Å². The summed E-state index contributed by atoms with van der Waals surface area (Å²) in [5, 5.41) is 4.03. The van der Waals surface area contributed by atoms with Crippen LogP contribution >= 0.6 is 0 Å². The fraction of sp³-hybridized carbons (Fsp3) is 0.467. The van der Waals surface area contributed by atoms with Gasteiger partial charge in [0, 0.05) is 17.7 Å². The molecule has 3 rings (SSSR count). The maximum atomic E-state index is 5.76. The number of nitrogen functional groups attached to an aromatic ring is 1. The van der Waals surface area contributed by atoms with Crippen molar-refractivity contribution in [2.24, 2.45) is 5.92 Å². The summed E-state index contributed by atoms with van der Waals surface area (Å²) in [4.78, 5) is 4.45. The van der Waals surface area contributed by atoms with Gasteiger partial charge in [0.05, 0.1) is 0 Å². The van der Waals surface area contributed by atoms with Crippen LogP contribution in [0.1, 0.15) is 38.0 Å². The molecule has 0 atom stereocenters. The van der Waals surface area contributed by atoms with Crippen molar-refractivity contribution in [3.8, 4) is 11.4 Å². The highest BCUT2D eigenvalue weighted by Gasteiger charge is 2.16. The molecule has 0 spiro atoms. The molecule has 0 bridgehead atoms. The Labute approximate surface area is 113 Å². The predicted molar refractivity (Wildman–Crippen MR) is 74.4 cm³/mol. The van der Waals surface area contributed by atoms with Gasteiger partial charge in [-0.05, 0) is 24.5 Å². The minimum Gasteiger partial charge on any atom is -0.399 e. The van der Waals surface area contributed by atoms with Crippen LogP contribution in [0.25, 0.3) is 11.4 Å². The van der Waals surface area contributed by atoms with Crippen LogP contribution in [0.4, 0.5) is 5.69 Å². The van der Waals surface area contributed by atoms with E-state index in [9.17, 15) is 0 Å². The fourth-order valence-electron chi connectivity index (χ4n) is 2.78. The lowest BCUT2D eigenvalue weighted by Crippen LogP contribution is -1.96. The van der Waals surface area contributed by atoms with E-state index >= 15 is 0 Å². The van der Waals surface area contributed by atoms with E-state index in [-0.39, 0.29) is 0 Å². The number of rotatable bonds is 4. The molecular formula is C15H19N3O. The largest absolute Gasteiger partial charge is 0.399 e. The Hall–Kier alpha value is -1.84. The van der Waals surface area contributed by atoms with Crippen molar-refractivity contribution in [3.05, 3.63) is 30.2 Å². The molecule has 0 aliphatic heterocycles. The molecule has 4 heteroatoms. The Morgan fingerprint density at radius 3 is 2.89 bits per heavy atom. The molecule has 0 amide bonds. The highest BCUT2D eigenvalue weighted by molar-refractivity contribution is 5.60. The minimum atomic E-state index is 0.633. The lowest BCUT2D eigenvalue weighted by atomic mass is 10.0. The molecule has 1 saturated carbocycles. The van der Waals surface area contributed by atoms with Crippen LogP contribution in [0.15, 0.2) is 28.8 Å². The standard InChI is InChI=1S/C15H19N3O/c16-13-7-3-6-12(10-13)15-17-14(19-18-15)9-8-11-4-1-2-5-11/h3,6-7,10-11H,1-2,4-5,8-9,16H2. The molecule has 1 aromatic heterocycles. The Morgan fingerprint density at radius 1 is 1.26 bits per heavy atom. The molecule has 2 N–H and O–H groups in total. The second kappa shape index (κ2) is 5.43. The molecule has 2 aromatic rings. The summed E-state index contributed by atoms with van der Waals surface area (Å²) >= 11 is 0. The smallest absolute Gasteiger partial charge is 0.226 e. The molecule has 1 aliphatic carbocycles. The van der Waals surface area contributed by atoms with E-state index in [0.29, 0.717) is 5.82 Å². The minimum absolute atomic E-state index is 0.633. The number of anilines is 1. The van der Waals surface area contributed by atoms with Crippen molar-refractivity contribution < 1.29 is 4.52 Å². The van der Waals surface area contributed by atoms with Gasteiger partial charge in [-0.2, -0.15) is 4.98 Å². The molecule has 1 aromatic carbocycles. The van der Waals surface area contributed by atoms with Crippen LogP contribution in [0, 0.1) is 5.92 Å². The first-order chi connectivity index (χ1) is 9.31. The van der Waals surface area contributed by atoms with Crippen LogP contribution in [-0.4, -0.2) is 10.1 Å². The van der Waals surface area contributed by atoms with Crippen LogP contribution in [0.5, 0.6) is 0 Å². The Kier molecular flexibility index (Phi) is 3.49. The van der Waals surface area contributed by atoms with Gasteiger partial charge in [0.1, 0.15) is 0 Å². The van der Waals surface area contributed by atoms with Gasteiger partial charge < -0.3 is 10.3 Å². The summed E-state index contributed by atoms with van der Waals surface area (Å²) in [5.41, 5.74) is 7.39. The molecule has 1 fully saturated rings. The summed E-state index contributed by atoms with van der Waals surface area (Å²) in [7, 11) is 0. The highest BCUT2D eigenvalue weighted by atomic mass is 16.5. The van der Waals surface area contributed by atoms with E-state index in [4.69, 9.17) is 10.3 Å². The Morgan fingerprint density at radius 2 is 2.11 bits per heavy atom. The summed E-state index contributed by atoms with van der Waals surface area (Å²) < 4.78 is 5.32. The molecule has 0 saturated heterocycles. The van der Waals surface area contributed by atoms with E-state index in [1.807, 2.05) is 24.3 Å². The maximum Gasteiger partial charge on any atom is 0.226 e. The highest BCUT2D eigenvalue weighted by Crippen LogP contribution is 2.28. The molecule has 4 nitrogen and oxygen atoms in total. The SMILES string of the molecule is Nc1cccc(-c2noc(CCC3CCCC3)n2)c1. The van der Waals surface area contributed by atoms with Gasteiger partial charge in [0.25, 0.3) is 0 Å². The van der Waals surface area contributed by atoms with Crippen molar-refractivity contribution in [1.82, 2.24) is 10.1 Å². The van der Waals surface area contributed by atoms with Crippen LogP contribution < -0.4 is 5.73 Å².